The lowest BCUT2D eigenvalue weighted by Crippen LogP contribution is -2.27. The molecule has 0 saturated carbocycles. The summed E-state index contributed by atoms with van der Waals surface area (Å²) in [5.74, 6) is -1.15. The van der Waals surface area contributed by atoms with Crippen molar-refractivity contribution in [1.82, 2.24) is 0 Å². The Balaban J connectivity index is 2.60. The highest BCUT2D eigenvalue weighted by Gasteiger charge is 2.37. The first-order chi connectivity index (χ1) is 9.99. The fourth-order valence-corrected chi connectivity index (χ4v) is 3.16. The molecule has 21 heavy (non-hydrogen) atoms. The van der Waals surface area contributed by atoms with Crippen molar-refractivity contribution in [3.05, 3.63) is 40.4 Å². The number of anilines is 1. The minimum absolute atomic E-state index is 0.189. The number of hydrogen-bond donors (Lipinski definition) is 2. The van der Waals surface area contributed by atoms with Crippen LogP contribution in [0.4, 0.5) is 5.69 Å². The number of hydrogen-bond acceptors (Lipinski definition) is 6. The summed E-state index contributed by atoms with van der Waals surface area (Å²) in [5, 5.41) is 27.2. The summed E-state index contributed by atoms with van der Waals surface area (Å²) >= 11 is 1.00. The van der Waals surface area contributed by atoms with Crippen molar-refractivity contribution in [3.63, 3.8) is 0 Å². The van der Waals surface area contributed by atoms with E-state index in [0.717, 1.165) is 23.0 Å². The van der Waals surface area contributed by atoms with Gasteiger partial charge in [0.1, 0.15) is 5.92 Å². The van der Waals surface area contributed by atoms with E-state index in [9.17, 15) is 10.5 Å². The highest BCUT2D eigenvalue weighted by molar-refractivity contribution is 8.17. The number of nitrogens with zero attached hydrogens (tertiary/aromatic N) is 3. The van der Waals surface area contributed by atoms with Gasteiger partial charge < -0.3 is 10.6 Å². The molecule has 0 aromatic heterocycles. The molecule has 0 amide bonds. The molecule has 106 valence electrons. The second-order valence-corrected chi connectivity index (χ2v) is 6.01. The molecule has 0 radical (unpaired) electrons. The summed E-state index contributed by atoms with van der Waals surface area (Å²) in [6, 6.07) is 11.9. The van der Waals surface area contributed by atoms with E-state index in [1.807, 2.05) is 43.3 Å². The van der Waals surface area contributed by atoms with Gasteiger partial charge in [0.25, 0.3) is 0 Å². The maximum absolute atomic E-state index is 9.38. The Bertz CT molecular complexity index is 693. The molecular weight excluding hydrogens is 282 g/mol. The van der Waals surface area contributed by atoms with E-state index in [4.69, 9.17) is 11.1 Å². The van der Waals surface area contributed by atoms with Crippen molar-refractivity contribution in [2.24, 2.45) is 11.7 Å². The molecule has 0 unspecified atom stereocenters. The van der Waals surface area contributed by atoms with Crippen LogP contribution in [-0.2, 0) is 0 Å². The van der Waals surface area contributed by atoms with Crippen LogP contribution in [-0.4, -0.2) is 19.1 Å². The fourth-order valence-electron chi connectivity index (χ4n) is 2.32. The Kier molecular flexibility index (Phi) is 4.21. The Hall–Kier alpha value is -2.44. The number of nitrogens with one attached hydrogen (secondary N) is 1. The second kappa shape index (κ2) is 5.90. The molecule has 0 spiro atoms. The molecule has 2 atom stereocenters. The molecule has 1 heterocycles. The number of benzene rings is 1. The van der Waals surface area contributed by atoms with Crippen LogP contribution < -0.4 is 10.6 Å². The zero-order valence-electron chi connectivity index (χ0n) is 11.8. The van der Waals surface area contributed by atoms with Gasteiger partial charge in [-0.3, -0.25) is 5.41 Å². The van der Waals surface area contributed by atoms with Gasteiger partial charge in [0.15, 0.2) is 0 Å². The minimum atomic E-state index is -0.672. The van der Waals surface area contributed by atoms with Crippen LogP contribution in [0.2, 0.25) is 0 Å². The first-order valence-corrected chi connectivity index (χ1v) is 7.14. The number of allylic oxidation sites excluding steroid dienone is 1. The number of rotatable bonds is 2. The maximum Gasteiger partial charge on any atom is 0.106 e. The number of thioether (sulfide) groups is 1. The van der Waals surface area contributed by atoms with Crippen molar-refractivity contribution in [2.75, 3.05) is 19.0 Å². The summed E-state index contributed by atoms with van der Waals surface area (Å²) < 4.78 is 0. The van der Waals surface area contributed by atoms with E-state index < -0.39 is 11.8 Å². The molecule has 2 rings (SSSR count). The second-order valence-electron chi connectivity index (χ2n) is 4.93. The Labute approximate surface area is 128 Å². The average molecular weight is 297 g/mol. The van der Waals surface area contributed by atoms with E-state index in [1.54, 1.807) is 0 Å². The molecule has 1 aliphatic heterocycles. The van der Waals surface area contributed by atoms with Gasteiger partial charge in [-0.1, -0.05) is 23.9 Å². The van der Waals surface area contributed by atoms with Gasteiger partial charge >= 0.3 is 0 Å². The molecule has 1 aliphatic rings. The summed E-state index contributed by atoms with van der Waals surface area (Å²) in [7, 11) is 3.85. The topological polar surface area (TPSA) is 101 Å². The summed E-state index contributed by atoms with van der Waals surface area (Å²) in [6.45, 7) is 0. The quantitative estimate of drug-likeness (QED) is 0.873. The Morgan fingerprint density at radius 3 is 2.62 bits per heavy atom. The Morgan fingerprint density at radius 1 is 1.33 bits per heavy atom. The first kappa shape index (κ1) is 15.0. The highest BCUT2D eigenvalue weighted by atomic mass is 32.2. The van der Waals surface area contributed by atoms with Gasteiger partial charge in [-0.15, -0.1) is 0 Å². The summed E-state index contributed by atoms with van der Waals surface area (Å²) in [6.07, 6.45) is 0. The van der Waals surface area contributed by atoms with Gasteiger partial charge in [-0.2, -0.15) is 10.5 Å². The predicted octanol–water partition coefficient (Wildman–Crippen LogP) is 2.39. The van der Waals surface area contributed by atoms with E-state index >= 15 is 0 Å². The monoisotopic (exact) mass is 297 g/mol. The third-order valence-corrected chi connectivity index (χ3v) is 4.33. The van der Waals surface area contributed by atoms with Gasteiger partial charge in [-0.25, -0.2) is 0 Å². The zero-order chi connectivity index (χ0) is 15.6. The molecule has 0 saturated heterocycles. The standard InChI is InChI=1S/C15H15N5S/c1-20(2)10-5-3-4-9(6-10)13-11(7-16)14(18)21-15(19)12(13)8-17/h3-6,11,13,18H,19H2,1-2H3/t11-,13+/m0/s1. The SMILES string of the molecule is CN(C)c1cccc([C@H]2C(C#N)=C(N)SC(=N)[C@H]2C#N)c1. The molecular formula is C15H15N5S. The highest BCUT2D eigenvalue weighted by Crippen LogP contribution is 2.43. The third kappa shape index (κ3) is 2.72. The van der Waals surface area contributed by atoms with Crippen LogP contribution >= 0.6 is 11.8 Å². The van der Waals surface area contributed by atoms with Crippen LogP contribution in [0, 0.1) is 34.0 Å². The minimum Gasteiger partial charge on any atom is -0.392 e. The van der Waals surface area contributed by atoms with E-state index in [1.165, 1.54) is 0 Å². The molecule has 0 bridgehead atoms. The van der Waals surface area contributed by atoms with Gasteiger partial charge in [0, 0.05) is 25.7 Å². The van der Waals surface area contributed by atoms with Gasteiger partial charge in [0.05, 0.1) is 27.8 Å². The maximum atomic E-state index is 9.38. The van der Waals surface area contributed by atoms with Crippen LogP contribution in [0.1, 0.15) is 11.5 Å². The Morgan fingerprint density at radius 2 is 2.05 bits per heavy atom. The number of nitrogens with two attached hydrogens (primary N) is 1. The average Bonchev–Trinajstić information content (AvgIpc) is 2.46. The largest absolute Gasteiger partial charge is 0.392 e. The fraction of sp³-hybridized carbons (Fsp3) is 0.267. The summed E-state index contributed by atoms with van der Waals surface area (Å²) in [4.78, 5) is 1.95. The summed E-state index contributed by atoms with van der Waals surface area (Å²) in [5.41, 5.74) is 8.06. The normalized spacial score (nSPS) is 21.6. The predicted molar refractivity (Wildman–Crippen MR) is 84.8 cm³/mol. The molecule has 0 aliphatic carbocycles. The lowest BCUT2D eigenvalue weighted by atomic mass is 9.81. The van der Waals surface area contributed by atoms with Crippen molar-refractivity contribution in [3.8, 4) is 12.1 Å². The number of nitriles is 2. The van der Waals surface area contributed by atoms with Crippen LogP contribution in [0.5, 0.6) is 0 Å². The lowest BCUT2D eigenvalue weighted by Gasteiger charge is -2.28. The molecule has 0 fully saturated rings. The molecule has 3 N–H and O–H groups in total. The van der Waals surface area contributed by atoms with Crippen molar-refractivity contribution in [2.45, 2.75) is 5.92 Å². The van der Waals surface area contributed by atoms with E-state index in [0.29, 0.717) is 10.6 Å². The van der Waals surface area contributed by atoms with Gasteiger partial charge in [-0.05, 0) is 17.7 Å². The van der Waals surface area contributed by atoms with Crippen LogP contribution in [0.25, 0.3) is 0 Å². The molecule has 1 aromatic carbocycles. The van der Waals surface area contributed by atoms with E-state index in [-0.39, 0.29) is 5.04 Å². The van der Waals surface area contributed by atoms with Crippen molar-refractivity contribution in [1.29, 1.82) is 15.9 Å². The lowest BCUT2D eigenvalue weighted by molar-refractivity contribution is 0.729. The van der Waals surface area contributed by atoms with Crippen LogP contribution in [0.15, 0.2) is 34.9 Å². The molecule has 1 aromatic rings. The zero-order valence-corrected chi connectivity index (χ0v) is 12.6. The molecule has 6 heteroatoms. The van der Waals surface area contributed by atoms with Crippen molar-refractivity contribution < 1.29 is 0 Å². The first-order valence-electron chi connectivity index (χ1n) is 6.32. The third-order valence-electron chi connectivity index (χ3n) is 3.42. The van der Waals surface area contributed by atoms with Crippen LogP contribution in [0.3, 0.4) is 0 Å². The smallest absolute Gasteiger partial charge is 0.106 e. The van der Waals surface area contributed by atoms with E-state index in [2.05, 4.69) is 12.1 Å². The van der Waals surface area contributed by atoms with Crippen molar-refractivity contribution >= 4 is 22.5 Å². The molecule has 5 nitrogen and oxygen atoms in total. The van der Waals surface area contributed by atoms with Gasteiger partial charge in [0.2, 0.25) is 0 Å².